The lowest BCUT2D eigenvalue weighted by atomic mass is 10.00. The summed E-state index contributed by atoms with van der Waals surface area (Å²) in [5.74, 6) is -0.0547. The van der Waals surface area contributed by atoms with Crippen molar-refractivity contribution in [1.29, 1.82) is 0 Å². The highest BCUT2D eigenvalue weighted by Gasteiger charge is 2.29. The number of rotatable bonds is 5. The second kappa shape index (κ2) is 6.98. The smallest absolute Gasteiger partial charge is 0.235 e. The number of hydrogen-bond donors (Lipinski definition) is 1. The van der Waals surface area contributed by atoms with Gasteiger partial charge in [-0.15, -0.1) is 0 Å². The fourth-order valence-electron chi connectivity index (χ4n) is 3.18. The van der Waals surface area contributed by atoms with Crippen LogP contribution < -0.4 is 5.32 Å². The van der Waals surface area contributed by atoms with Gasteiger partial charge in [-0.25, -0.2) is 8.42 Å². The summed E-state index contributed by atoms with van der Waals surface area (Å²) in [6.07, 6.45) is 1.65. The topological polar surface area (TPSA) is 69.7 Å². The molecule has 0 atom stereocenters. The molecule has 2 aliphatic rings. The van der Waals surface area contributed by atoms with Crippen LogP contribution in [0.25, 0.3) is 0 Å². The first kappa shape index (κ1) is 16.4. The number of sulfonamides is 1. The van der Waals surface area contributed by atoms with E-state index < -0.39 is 10.0 Å². The van der Waals surface area contributed by atoms with Crippen LogP contribution >= 0.6 is 0 Å². The zero-order chi connectivity index (χ0) is 16.3. The lowest BCUT2D eigenvalue weighted by Gasteiger charge is -2.28. The number of hydrogen-bond acceptors (Lipinski definition) is 4. The first-order chi connectivity index (χ1) is 11.0. The van der Waals surface area contributed by atoms with Crippen LogP contribution in [0.15, 0.2) is 24.3 Å². The zero-order valence-corrected chi connectivity index (χ0v) is 14.0. The summed E-state index contributed by atoms with van der Waals surface area (Å²) in [5, 5.41) is 2.83. The van der Waals surface area contributed by atoms with E-state index in [4.69, 9.17) is 0 Å². The molecule has 6 nitrogen and oxygen atoms in total. The second-order valence-corrected chi connectivity index (χ2v) is 8.24. The van der Waals surface area contributed by atoms with Crippen molar-refractivity contribution in [3.63, 3.8) is 0 Å². The largest absolute Gasteiger partial charge is 0.354 e. The van der Waals surface area contributed by atoms with E-state index in [9.17, 15) is 13.2 Å². The maximum Gasteiger partial charge on any atom is 0.235 e. The van der Waals surface area contributed by atoms with Crippen molar-refractivity contribution >= 4 is 15.9 Å². The Kier molecular flexibility index (Phi) is 4.99. The van der Waals surface area contributed by atoms with E-state index >= 15 is 0 Å². The van der Waals surface area contributed by atoms with E-state index in [0.29, 0.717) is 19.5 Å². The lowest BCUT2D eigenvalue weighted by molar-refractivity contribution is -0.121. The first-order valence-corrected chi connectivity index (χ1v) is 9.69. The Labute approximate surface area is 137 Å². The van der Waals surface area contributed by atoms with E-state index in [1.807, 2.05) is 0 Å². The van der Waals surface area contributed by atoms with Crippen molar-refractivity contribution in [1.82, 2.24) is 14.5 Å². The number of carbonyl (C=O) groups is 1. The van der Waals surface area contributed by atoms with E-state index in [-0.39, 0.29) is 18.2 Å². The number of amides is 1. The van der Waals surface area contributed by atoms with Crippen molar-refractivity contribution in [2.45, 2.75) is 19.4 Å². The Balaban J connectivity index is 1.41. The Morgan fingerprint density at radius 2 is 1.96 bits per heavy atom. The van der Waals surface area contributed by atoms with Crippen molar-refractivity contribution in [2.75, 3.05) is 38.5 Å². The van der Waals surface area contributed by atoms with Crippen LogP contribution in [0.3, 0.4) is 0 Å². The van der Waals surface area contributed by atoms with Gasteiger partial charge in [-0.2, -0.15) is 4.31 Å². The molecule has 1 fully saturated rings. The summed E-state index contributed by atoms with van der Waals surface area (Å²) in [5.41, 5.74) is 2.76. The molecule has 126 valence electrons. The molecule has 2 aliphatic heterocycles. The maximum atomic E-state index is 11.9. The third-order valence-corrected chi connectivity index (χ3v) is 6.39. The molecule has 7 heteroatoms. The molecular weight excluding hydrogens is 314 g/mol. The summed E-state index contributed by atoms with van der Waals surface area (Å²) in [4.78, 5) is 14.2. The van der Waals surface area contributed by atoms with Crippen LogP contribution in [-0.4, -0.2) is 62.0 Å². The van der Waals surface area contributed by atoms with Crippen molar-refractivity contribution in [2.24, 2.45) is 0 Å². The molecule has 1 saturated heterocycles. The molecule has 23 heavy (non-hydrogen) atoms. The van der Waals surface area contributed by atoms with Gasteiger partial charge in [0.1, 0.15) is 0 Å². The van der Waals surface area contributed by atoms with Crippen LogP contribution in [0.1, 0.15) is 17.5 Å². The molecule has 0 aromatic heterocycles. The molecule has 1 amide bonds. The highest BCUT2D eigenvalue weighted by Crippen LogP contribution is 2.17. The van der Waals surface area contributed by atoms with Gasteiger partial charge >= 0.3 is 0 Å². The Morgan fingerprint density at radius 3 is 2.70 bits per heavy atom. The predicted octanol–water partition coefficient (Wildman–Crippen LogP) is 0.196. The van der Waals surface area contributed by atoms with Gasteiger partial charge in [0.25, 0.3) is 0 Å². The average molecular weight is 337 g/mol. The minimum absolute atomic E-state index is 0.0504. The molecule has 1 N–H and O–H groups in total. The summed E-state index contributed by atoms with van der Waals surface area (Å²) in [7, 11) is -3.20. The summed E-state index contributed by atoms with van der Waals surface area (Å²) < 4.78 is 24.6. The average Bonchev–Trinajstić information content (AvgIpc) is 2.86. The number of carbonyl (C=O) groups excluding carboxylic acids is 1. The molecule has 1 aromatic carbocycles. The predicted molar refractivity (Wildman–Crippen MR) is 88.4 cm³/mol. The van der Waals surface area contributed by atoms with Gasteiger partial charge in [-0.3, -0.25) is 9.69 Å². The lowest BCUT2D eigenvalue weighted by Crippen LogP contribution is -2.42. The minimum atomic E-state index is -3.20. The highest BCUT2D eigenvalue weighted by atomic mass is 32.2. The molecule has 1 aromatic rings. The summed E-state index contributed by atoms with van der Waals surface area (Å²) >= 11 is 0. The molecule has 0 bridgehead atoms. The quantitative estimate of drug-likeness (QED) is 0.833. The number of nitrogens with one attached hydrogen (secondary N) is 1. The van der Waals surface area contributed by atoms with Crippen LogP contribution in [0, 0.1) is 0 Å². The van der Waals surface area contributed by atoms with Gasteiger partial charge < -0.3 is 5.32 Å². The van der Waals surface area contributed by atoms with Crippen molar-refractivity contribution in [3.05, 3.63) is 35.4 Å². The van der Waals surface area contributed by atoms with Gasteiger partial charge in [-0.05, 0) is 24.0 Å². The Hall–Kier alpha value is -1.44. The molecule has 0 radical (unpaired) electrons. The van der Waals surface area contributed by atoms with Gasteiger partial charge in [0.2, 0.25) is 15.9 Å². The number of fused-ring (bicyclic) bond motifs is 1. The van der Waals surface area contributed by atoms with Crippen molar-refractivity contribution < 1.29 is 13.2 Å². The van der Waals surface area contributed by atoms with Crippen molar-refractivity contribution in [3.8, 4) is 0 Å². The SMILES string of the molecule is O=C(CN1CCCS1(=O)=O)NCCN1CCc2ccccc2C1. The monoisotopic (exact) mass is 337 g/mol. The molecule has 0 aliphatic carbocycles. The highest BCUT2D eigenvalue weighted by molar-refractivity contribution is 7.89. The molecule has 3 rings (SSSR count). The Bertz CT molecular complexity index is 675. The zero-order valence-electron chi connectivity index (χ0n) is 13.2. The minimum Gasteiger partial charge on any atom is -0.354 e. The fraction of sp³-hybridized carbons (Fsp3) is 0.562. The van der Waals surface area contributed by atoms with Crippen LogP contribution in [0.4, 0.5) is 0 Å². The van der Waals surface area contributed by atoms with E-state index in [1.165, 1.54) is 15.4 Å². The summed E-state index contributed by atoms with van der Waals surface area (Å²) in [6, 6.07) is 8.45. The third-order valence-electron chi connectivity index (χ3n) is 4.48. The normalized spacial score (nSPS) is 21.0. The first-order valence-electron chi connectivity index (χ1n) is 8.08. The summed E-state index contributed by atoms with van der Waals surface area (Å²) in [6.45, 7) is 3.64. The van der Waals surface area contributed by atoms with Gasteiger partial charge in [0.15, 0.2) is 0 Å². The van der Waals surface area contributed by atoms with Gasteiger partial charge in [0, 0.05) is 32.7 Å². The Morgan fingerprint density at radius 1 is 1.17 bits per heavy atom. The van der Waals surface area contributed by atoms with E-state index in [1.54, 1.807) is 0 Å². The molecule has 0 saturated carbocycles. The maximum absolute atomic E-state index is 11.9. The fourth-order valence-corrected chi connectivity index (χ4v) is 4.66. The molecular formula is C16H23N3O3S. The molecule has 0 unspecified atom stereocenters. The van der Waals surface area contributed by atoms with E-state index in [2.05, 4.69) is 34.5 Å². The number of benzene rings is 1. The molecule has 0 spiro atoms. The third kappa shape index (κ3) is 4.10. The number of nitrogens with zero attached hydrogens (tertiary/aromatic N) is 2. The molecule has 2 heterocycles. The van der Waals surface area contributed by atoms with E-state index in [0.717, 1.165) is 26.1 Å². The van der Waals surface area contributed by atoms with Gasteiger partial charge in [0.05, 0.1) is 12.3 Å². The second-order valence-electron chi connectivity index (χ2n) is 6.15. The van der Waals surface area contributed by atoms with Crippen LogP contribution in [0.2, 0.25) is 0 Å². The van der Waals surface area contributed by atoms with Gasteiger partial charge in [-0.1, -0.05) is 24.3 Å². The standard InChI is InChI=1S/C16H23N3O3S/c20-16(13-19-8-3-11-23(19,21)22)17-7-10-18-9-6-14-4-1-2-5-15(14)12-18/h1-2,4-5H,3,6-13H2,(H,17,20). The van der Waals surface area contributed by atoms with Crippen LogP contribution in [0.5, 0.6) is 0 Å². The van der Waals surface area contributed by atoms with Crippen LogP contribution in [-0.2, 0) is 27.8 Å².